The Morgan fingerprint density at radius 1 is 1.27 bits per heavy atom. The van der Waals surface area contributed by atoms with Gasteiger partial charge in [-0.1, -0.05) is 6.42 Å². The first-order valence-electron chi connectivity index (χ1n) is 6.28. The zero-order valence-corrected chi connectivity index (χ0v) is 9.86. The minimum absolute atomic E-state index is 0.205. The van der Waals surface area contributed by atoms with Gasteiger partial charge in [-0.2, -0.15) is 0 Å². The van der Waals surface area contributed by atoms with Crippen molar-refractivity contribution in [3.05, 3.63) is 0 Å². The highest BCUT2D eigenvalue weighted by Crippen LogP contribution is 2.20. The Morgan fingerprint density at radius 2 is 2.07 bits per heavy atom. The molecule has 0 aromatic heterocycles. The number of unbranched alkanes of at least 4 members (excludes halogenated alkanes) is 2. The van der Waals surface area contributed by atoms with E-state index in [-0.39, 0.29) is 6.10 Å². The van der Waals surface area contributed by atoms with E-state index in [1.165, 1.54) is 12.8 Å². The summed E-state index contributed by atoms with van der Waals surface area (Å²) in [4.78, 5) is 2.42. The van der Waals surface area contributed by atoms with Crippen molar-refractivity contribution < 1.29 is 10.2 Å². The lowest BCUT2D eigenvalue weighted by Crippen LogP contribution is -2.46. The summed E-state index contributed by atoms with van der Waals surface area (Å²) in [7, 11) is 0. The molecule has 2 N–H and O–H groups in total. The van der Waals surface area contributed by atoms with Gasteiger partial charge in [0.05, 0.1) is 6.10 Å². The molecule has 90 valence electrons. The van der Waals surface area contributed by atoms with Crippen molar-refractivity contribution in [1.29, 1.82) is 0 Å². The molecule has 0 saturated carbocycles. The van der Waals surface area contributed by atoms with Crippen LogP contribution in [0.3, 0.4) is 0 Å². The van der Waals surface area contributed by atoms with Gasteiger partial charge in [-0.25, -0.2) is 0 Å². The minimum Gasteiger partial charge on any atom is -0.396 e. The van der Waals surface area contributed by atoms with Crippen LogP contribution in [0.15, 0.2) is 0 Å². The van der Waals surface area contributed by atoms with E-state index in [0.29, 0.717) is 12.6 Å². The molecular formula is C12H25NO2. The van der Waals surface area contributed by atoms with E-state index in [1.807, 2.05) is 6.92 Å². The topological polar surface area (TPSA) is 43.7 Å². The second-order valence-electron chi connectivity index (χ2n) is 4.62. The fourth-order valence-corrected chi connectivity index (χ4v) is 2.44. The second-order valence-corrected chi connectivity index (χ2v) is 4.62. The van der Waals surface area contributed by atoms with Crippen molar-refractivity contribution in [2.45, 2.75) is 57.6 Å². The summed E-state index contributed by atoms with van der Waals surface area (Å²) in [5.74, 6) is 0. The van der Waals surface area contributed by atoms with Gasteiger partial charge in [-0.05, 0) is 52.1 Å². The number of aliphatic hydroxyl groups is 2. The molecule has 0 spiro atoms. The van der Waals surface area contributed by atoms with E-state index in [1.54, 1.807) is 0 Å². The number of piperidine rings is 1. The van der Waals surface area contributed by atoms with Crippen molar-refractivity contribution in [2.24, 2.45) is 0 Å². The predicted molar refractivity (Wildman–Crippen MR) is 61.8 cm³/mol. The molecule has 3 heteroatoms. The van der Waals surface area contributed by atoms with Crippen LogP contribution in [0.4, 0.5) is 0 Å². The summed E-state index contributed by atoms with van der Waals surface area (Å²) in [6, 6.07) is 0.368. The number of rotatable bonds is 6. The van der Waals surface area contributed by atoms with Crippen LogP contribution in [0.5, 0.6) is 0 Å². The molecule has 0 bridgehead atoms. The van der Waals surface area contributed by atoms with Gasteiger partial charge in [0.2, 0.25) is 0 Å². The summed E-state index contributed by atoms with van der Waals surface area (Å²) in [5.41, 5.74) is 0. The van der Waals surface area contributed by atoms with Crippen molar-refractivity contribution in [2.75, 3.05) is 19.7 Å². The predicted octanol–water partition coefficient (Wildman–Crippen LogP) is 1.38. The van der Waals surface area contributed by atoms with E-state index in [4.69, 9.17) is 5.11 Å². The summed E-state index contributed by atoms with van der Waals surface area (Å²) in [5, 5.41) is 18.4. The Bertz CT molecular complexity index is 162. The number of likely N-dealkylation sites (tertiary alicyclic amines) is 1. The average Bonchev–Trinajstić information content (AvgIpc) is 2.25. The molecular weight excluding hydrogens is 190 g/mol. The van der Waals surface area contributed by atoms with Crippen LogP contribution in [-0.2, 0) is 0 Å². The molecule has 1 rings (SSSR count). The molecule has 1 aliphatic rings. The smallest absolute Gasteiger partial charge is 0.0667 e. The molecule has 1 fully saturated rings. The van der Waals surface area contributed by atoms with E-state index >= 15 is 0 Å². The van der Waals surface area contributed by atoms with Crippen molar-refractivity contribution in [3.8, 4) is 0 Å². The lowest BCUT2D eigenvalue weighted by Gasteiger charge is -2.37. The highest BCUT2D eigenvalue weighted by atomic mass is 16.3. The van der Waals surface area contributed by atoms with Gasteiger partial charge < -0.3 is 10.2 Å². The molecule has 3 nitrogen and oxygen atoms in total. The van der Waals surface area contributed by atoms with Gasteiger partial charge in [-0.15, -0.1) is 0 Å². The van der Waals surface area contributed by atoms with Crippen LogP contribution in [0.2, 0.25) is 0 Å². The van der Waals surface area contributed by atoms with Gasteiger partial charge >= 0.3 is 0 Å². The molecule has 15 heavy (non-hydrogen) atoms. The van der Waals surface area contributed by atoms with Crippen LogP contribution >= 0.6 is 0 Å². The Labute approximate surface area is 93.1 Å². The summed E-state index contributed by atoms with van der Waals surface area (Å²) < 4.78 is 0. The fourth-order valence-electron chi connectivity index (χ4n) is 2.44. The minimum atomic E-state index is -0.205. The first-order chi connectivity index (χ1) is 7.25. The third-order valence-corrected chi connectivity index (χ3v) is 3.32. The summed E-state index contributed by atoms with van der Waals surface area (Å²) in [6.07, 6.45) is 6.60. The molecule has 0 aromatic carbocycles. The maximum atomic E-state index is 9.67. The molecule has 1 aliphatic heterocycles. The quantitative estimate of drug-likeness (QED) is 0.658. The third-order valence-electron chi connectivity index (χ3n) is 3.32. The largest absolute Gasteiger partial charge is 0.396 e. The summed E-state index contributed by atoms with van der Waals surface area (Å²) >= 11 is 0. The van der Waals surface area contributed by atoms with Crippen molar-refractivity contribution >= 4 is 0 Å². The van der Waals surface area contributed by atoms with Crippen LogP contribution in [-0.4, -0.2) is 47.0 Å². The standard InChI is InChI=1S/C12H25NO2/c1-11(15)12-7-3-5-9-13(12)8-4-2-6-10-14/h11-12,14-15H,2-10H2,1H3. The first-order valence-corrected chi connectivity index (χ1v) is 6.28. The van der Waals surface area contributed by atoms with Crippen LogP contribution in [0, 0.1) is 0 Å². The zero-order valence-electron chi connectivity index (χ0n) is 9.86. The Kier molecular flexibility index (Phi) is 6.22. The lowest BCUT2D eigenvalue weighted by atomic mass is 9.98. The molecule has 0 aromatic rings. The van der Waals surface area contributed by atoms with Gasteiger partial charge in [-0.3, -0.25) is 4.90 Å². The molecule has 0 amide bonds. The average molecular weight is 215 g/mol. The number of hydrogen-bond acceptors (Lipinski definition) is 3. The number of aliphatic hydroxyl groups excluding tert-OH is 2. The molecule has 1 heterocycles. The molecule has 2 atom stereocenters. The van der Waals surface area contributed by atoms with Crippen molar-refractivity contribution in [1.82, 2.24) is 4.90 Å². The van der Waals surface area contributed by atoms with E-state index in [0.717, 1.165) is 38.8 Å². The Balaban J connectivity index is 2.23. The molecule has 0 radical (unpaired) electrons. The van der Waals surface area contributed by atoms with Crippen LogP contribution in [0.25, 0.3) is 0 Å². The van der Waals surface area contributed by atoms with Crippen molar-refractivity contribution in [3.63, 3.8) is 0 Å². The van der Waals surface area contributed by atoms with Gasteiger partial charge in [0, 0.05) is 12.6 Å². The maximum absolute atomic E-state index is 9.67. The van der Waals surface area contributed by atoms with Gasteiger partial charge in [0.25, 0.3) is 0 Å². The Hall–Kier alpha value is -0.120. The molecule has 0 aliphatic carbocycles. The third kappa shape index (κ3) is 4.49. The lowest BCUT2D eigenvalue weighted by molar-refractivity contribution is 0.0353. The van der Waals surface area contributed by atoms with Crippen LogP contribution in [0.1, 0.15) is 45.4 Å². The fraction of sp³-hybridized carbons (Fsp3) is 1.00. The molecule has 2 unspecified atom stereocenters. The number of hydrogen-bond donors (Lipinski definition) is 2. The van der Waals surface area contributed by atoms with Gasteiger partial charge in [0.1, 0.15) is 0 Å². The second kappa shape index (κ2) is 7.20. The summed E-state index contributed by atoms with van der Waals surface area (Å²) in [6.45, 7) is 4.42. The first kappa shape index (κ1) is 12.9. The molecule has 1 saturated heterocycles. The zero-order chi connectivity index (χ0) is 11.1. The van der Waals surface area contributed by atoms with Crippen LogP contribution < -0.4 is 0 Å². The van der Waals surface area contributed by atoms with E-state index in [9.17, 15) is 5.11 Å². The normalized spacial score (nSPS) is 25.4. The van der Waals surface area contributed by atoms with E-state index in [2.05, 4.69) is 4.90 Å². The SMILES string of the molecule is CC(O)C1CCCCN1CCCCCO. The monoisotopic (exact) mass is 215 g/mol. The maximum Gasteiger partial charge on any atom is 0.0667 e. The highest BCUT2D eigenvalue weighted by molar-refractivity contribution is 4.80. The number of nitrogens with zero attached hydrogens (tertiary/aromatic N) is 1. The van der Waals surface area contributed by atoms with E-state index < -0.39 is 0 Å². The highest BCUT2D eigenvalue weighted by Gasteiger charge is 2.25. The van der Waals surface area contributed by atoms with Gasteiger partial charge in [0.15, 0.2) is 0 Å². The Morgan fingerprint density at radius 3 is 2.73 bits per heavy atom.